The maximum Gasteiger partial charge on any atom is 0.319 e. The Morgan fingerprint density at radius 1 is 1.50 bits per heavy atom. The molecule has 1 aliphatic heterocycles. The van der Waals surface area contributed by atoms with Crippen molar-refractivity contribution >= 4 is 23.2 Å². The van der Waals surface area contributed by atoms with Gasteiger partial charge in [-0.2, -0.15) is 11.3 Å². The van der Waals surface area contributed by atoms with Gasteiger partial charge in [-0.3, -0.25) is 4.79 Å². The third-order valence-electron chi connectivity index (χ3n) is 2.92. The van der Waals surface area contributed by atoms with E-state index in [-0.39, 0.29) is 17.9 Å². The first kappa shape index (κ1) is 12.8. The predicted molar refractivity (Wildman–Crippen MR) is 71.3 cm³/mol. The molecular formula is C13H16N2O2S. The SMILES string of the molecule is CCCC(=O)C1=C(C)NC(=O)NC1c1ccsc1. The summed E-state index contributed by atoms with van der Waals surface area (Å²) in [6.07, 6.45) is 1.31. The lowest BCUT2D eigenvalue weighted by Gasteiger charge is -2.27. The summed E-state index contributed by atoms with van der Waals surface area (Å²) in [5.41, 5.74) is 2.30. The van der Waals surface area contributed by atoms with E-state index in [0.717, 1.165) is 12.0 Å². The first-order valence-electron chi connectivity index (χ1n) is 5.97. The van der Waals surface area contributed by atoms with Crippen LogP contribution < -0.4 is 10.6 Å². The summed E-state index contributed by atoms with van der Waals surface area (Å²) in [7, 11) is 0. The van der Waals surface area contributed by atoms with Gasteiger partial charge in [-0.1, -0.05) is 6.92 Å². The van der Waals surface area contributed by atoms with Gasteiger partial charge in [0.25, 0.3) is 0 Å². The quantitative estimate of drug-likeness (QED) is 0.878. The van der Waals surface area contributed by atoms with Crippen LogP contribution in [0.25, 0.3) is 0 Å². The standard InChI is InChI=1S/C13H16N2O2S/c1-3-4-10(16)11-8(2)14-13(17)15-12(11)9-5-6-18-7-9/h5-7,12H,3-4H2,1-2H3,(H2,14,15,17). The van der Waals surface area contributed by atoms with Crippen LogP contribution in [0.2, 0.25) is 0 Å². The molecule has 1 atom stereocenters. The molecule has 2 rings (SSSR count). The first-order chi connectivity index (χ1) is 8.63. The minimum Gasteiger partial charge on any atom is -0.327 e. The monoisotopic (exact) mass is 264 g/mol. The molecule has 2 amide bonds. The number of urea groups is 1. The average Bonchev–Trinajstić information content (AvgIpc) is 2.81. The van der Waals surface area contributed by atoms with Gasteiger partial charge in [-0.05, 0) is 35.7 Å². The minimum absolute atomic E-state index is 0.0960. The number of carbonyl (C=O) groups excluding carboxylic acids is 2. The van der Waals surface area contributed by atoms with Gasteiger partial charge in [0.1, 0.15) is 0 Å². The third-order valence-corrected chi connectivity index (χ3v) is 3.62. The zero-order chi connectivity index (χ0) is 13.1. The summed E-state index contributed by atoms with van der Waals surface area (Å²) in [6, 6.07) is 1.37. The molecule has 1 aromatic rings. The van der Waals surface area contributed by atoms with E-state index in [0.29, 0.717) is 17.7 Å². The van der Waals surface area contributed by atoms with Gasteiger partial charge in [0.2, 0.25) is 0 Å². The number of carbonyl (C=O) groups is 2. The number of thiophene rings is 1. The van der Waals surface area contributed by atoms with Crippen LogP contribution in [0.3, 0.4) is 0 Å². The van der Waals surface area contributed by atoms with E-state index in [2.05, 4.69) is 10.6 Å². The molecule has 0 fully saturated rings. The molecule has 18 heavy (non-hydrogen) atoms. The zero-order valence-corrected chi connectivity index (χ0v) is 11.3. The van der Waals surface area contributed by atoms with Crippen LogP contribution in [0, 0.1) is 0 Å². The molecular weight excluding hydrogens is 248 g/mol. The van der Waals surface area contributed by atoms with Gasteiger partial charge in [-0.15, -0.1) is 0 Å². The largest absolute Gasteiger partial charge is 0.327 e. The molecule has 2 heterocycles. The number of allylic oxidation sites excluding steroid dienone is 1. The molecule has 4 nitrogen and oxygen atoms in total. The first-order valence-corrected chi connectivity index (χ1v) is 6.91. The van der Waals surface area contributed by atoms with Crippen LogP contribution in [0.15, 0.2) is 28.1 Å². The Kier molecular flexibility index (Phi) is 3.81. The molecule has 0 saturated carbocycles. The van der Waals surface area contributed by atoms with E-state index >= 15 is 0 Å². The van der Waals surface area contributed by atoms with Gasteiger partial charge in [0, 0.05) is 17.7 Å². The molecule has 1 unspecified atom stereocenters. The summed E-state index contributed by atoms with van der Waals surface area (Å²) < 4.78 is 0. The van der Waals surface area contributed by atoms with Gasteiger partial charge < -0.3 is 10.6 Å². The lowest BCUT2D eigenvalue weighted by Crippen LogP contribution is -2.44. The normalized spacial score (nSPS) is 19.4. The van der Waals surface area contributed by atoms with Crippen molar-refractivity contribution in [3.63, 3.8) is 0 Å². The summed E-state index contributed by atoms with van der Waals surface area (Å²) in [4.78, 5) is 23.7. The highest BCUT2D eigenvalue weighted by molar-refractivity contribution is 7.08. The van der Waals surface area contributed by atoms with E-state index in [4.69, 9.17) is 0 Å². The van der Waals surface area contributed by atoms with Crippen molar-refractivity contribution in [2.75, 3.05) is 0 Å². The summed E-state index contributed by atoms with van der Waals surface area (Å²) in [6.45, 7) is 3.75. The Bertz CT molecular complexity index is 491. The van der Waals surface area contributed by atoms with E-state index in [1.54, 1.807) is 18.3 Å². The van der Waals surface area contributed by atoms with E-state index in [1.807, 2.05) is 23.8 Å². The number of ketones is 1. The lowest BCUT2D eigenvalue weighted by atomic mass is 9.92. The smallest absolute Gasteiger partial charge is 0.319 e. The summed E-state index contributed by atoms with van der Waals surface area (Å²) in [5.74, 6) is 0.0960. The molecule has 5 heteroatoms. The van der Waals surface area contributed by atoms with Crippen molar-refractivity contribution < 1.29 is 9.59 Å². The molecule has 1 aliphatic rings. The fourth-order valence-corrected chi connectivity index (χ4v) is 2.80. The molecule has 0 saturated heterocycles. The molecule has 96 valence electrons. The van der Waals surface area contributed by atoms with Crippen LogP contribution in [0.1, 0.15) is 38.3 Å². The molecule has 0 spiro atoms. The maximum absolute atomic E-state index is 12.2. The number of hydrogen-bond donors (Lipinski definition) is 2. The number of nitrogens with one attached hydrogen (secondary N) is 2. The fraction of sp³-hybridized carbons (Fsp3) is 0.385. The van der Waals surface area contributed by atoms with Crippen LogP contribution >= 0.6 is 11.3 Å². The predicted octanol–water partition coefficient (Wildman–Crippen LogP) is 2.75. The Morgan fingerprint density at radius 3 is 2.89 bits per heavy atom. The Labute approximate surface area is 110 Å². The van der Waals surface area contributed by atoms with Gasteiger partial charge in [-0.25, -0.2) is 4.79 Å². The highest BCUT2D eigenvalue weighted by Crippen LogP contribution is 2.29. The van der Waals surface area contributed by atoms with Gasteiger partial charge in [0.05, 0.1) is 6.04 Å². The summed E-state index contributed by atoms with van der Waals surface area (Å²) >= 11 is 1.56. The molecule has 1 aromatic heterocycles. The second kappa shape index (κ2) is 5.35. The number of rotatable bonds is 4. The fourth-order valence-electron chi connectivity index (χ4n) is 2.11. The van der Waals surface area contributed by atoms with Crippen molar-refractivity contribution in [1.82, 2.24) is 10.6 Å². The van der Waals surface area contributed by atoms with Crippen molar-refractivity contribution in [2.45, 2.75) is 32.7 Å². The average molecular weight is 264 g/mol. The molecule has 2 N–H and O–H groups in total. The second-order valence-corrected chi connectivity index (χ2v) is 5.08. The van der Waals surface area contributed by atoms with Crippen molar-refractivity contribution in [2.24, 2.45) is 0 Å². The van der Waals surface area contributed by atoms with Gasteiger partial charge in [0.15, 0.2) is 5.78 Å². The van der Waals surface area contributed by atoms with Crippen molar-refractivity contribution in [1.29, 1.82) is 0 Å². The lowest BCUT2D eigenvalue weighted by molar-refractivity contribution is -0.116. The van der Waals surface area contributed by atoms with Crippen LogP contribution in [0.4, 0.5) is 4.79 Å². The van der Waals surface area contributed by atoms with E-state index in [9.17, 15) is 9.59 Å². The highest BCUT2D eigenvalue weighted by atomic mass is 32.1. The van der Waals surface area contributed by atoms with Crippen LogP contribution in [-0.2, 0) is 4.79 Å². The van der Waals surface area contributed by atoms with E-state index < -0.39 is 0 Å². The molecule has 0 aromatic carbocycles. The molecule has 0 aliphatic carbocycles. The number of hydrogen-bond acceptors (Lipinski definition) is 3. The highest BCUT2D eigenvalue weighted by Gasteiger charge is 2.30. The van der Waals surface area contributed by atoms with Crippen molar-refractivity contribution in [3.05, 3.63) is 33.7 Å². The Balaban J connectivity index is 2.38. The van der Waals surface area contributed by atoms with Gasteiger partial charge >= 0.3 is 6.03 Å². The topological polar surface area (TPSA) is 58.2 Å². The van der Waals surface area contributed by atoms with Crippen LogP contribution in [-0.4, -0.2) is 11.8 Å². The zero-order valence-electron chi connectivity index (χ0n) is 10.4. The number of Topliss-reactive ketones (excluding diaryl/α,β-unsaturated/α-hetero) is 1. The Hall–Kier alpha value is -1.62. The van der Waals surface area contributed by atoms with Crippen molar-refractivity contribution in [3.8, 4) is 0 Å². The third kappa shape index (κ3) is 2.46. The molecule has 0 bridgehead atoms. The maximum atomic E-state index is 12.2. The number of amides is 2. The van der Waals surface area contributed by atoms with E-state index in [1.165, 1.54) is 0 Å². The van der Waals surface area contributed by atoms with Crippen LogP contribution in [0.5, 0.6) is 0 Å². The second-order valence-electron chi connectivity index (χ2n) is 4.30. The molecule has 0 radical (unpaired) electrons. The minimum atomic E-state index is -0.316. The summed E-state index contributed by atoms with van der Waals surface area (Å²) in [5, 5.41) is 9.40. The Morgan fingerprint density at radius 2 is 2.28 bits per heavy atom.